The Morgan fingerprint density at radius 2 is 1.77 bits per heavy atom. The number of nitrogens with two attached hydrogens (primary N) is 1. The number of aliphatic hydroxyl groups excluding tert-OH is 1. The highest BCUT2D eigenvalue weighted by Crippen LogP contribution is 2.28. The van der Waals surface area contributed by atoms with E-state index in [2.05, 4.69) is 0 Å². The van der Waals surface area contributed by atoms with E-state index in [0.717, 1.165) is 0 Å². The van der Waals surface area contributed by atoms with Crippen LogP contribution in [0.4, 0.5) is 10.5 Å². The Morgan fingerprint density at radius 3 is 2.40 bits per heavy atom. The van der Waals surface area contributed by atoms with Gasteiger partial charge in [0.2, 0.25) is 10.0 Å². The number of amides is 2. The highest BCUT2D eigenvalue weighted by molar-refractivity contribution is 7.89. The van der Waals surface area contributed by atoms with Gasteiger partial charge in [-0.05, 0) is 55.2 Å². The van der Waals surface area contributed by atoms with E-state index in [1.807, 2.05) is 0 Å². The van der Waals surface area contributed by atoms with Crippen molar-refractivity contribution >= 4 is 39.2 Å². The second kappa shape index (κ2) is 10.5. The van der Waals surface area contributed by atoms with Crippen molar-refractivity contribution in [3.63, 3.8) is 0 Å². The monoisotopic (exact) mass is 519 g/mol. The molecule has 2 saturated heterocycles. The number of halogens is 1. The van der Waals surface area contributed by atoms with Gasteiger partial charge in [0.1, 0.15) is 5.84 Å². The number of amidine groups is 1. The maximum atomic E-state index is 13.3. The molecule has 0 aliphatic carbocycles. The van der Waals surface area contributed by atoms with E-state index in [1.165, 1.54) is 16.4 Å². The largest absolute Gasteiger partial charge is 0.396 e. The Hall–Kier alpha value is -2.66. The second-order valence-electron chi connectivity index (χ2n) is 9.11. The third-order valence-electron chi connectivity index (χ3n) is 6.65. The molecule has 2 amide bonds. The number of nitrogens with one attached hydrogen (secondary N) is 1. The molecule has 0 spiro atoms. The summed E-state index contributed by atoms with van der Waals surface area (Å²) >= 11 is 5.89. The minimum absolute atomic E-state index is 0.0511. The van der Waals surface area contributed by atoms with Crippen LogP contribution in [0.2, 0.25) is 5.02 Å². The Morgan fingerprint density at radius 1 is 1.09 bits per heavy atom. The number of urea groups is 1. The quantitative estimate of drug-likeness (QED) is 0.382. The topological polar surface area (TPSA) is 131 Å². The molecule has 11 heteroatoms. The van der Waals surface area contributed by atoms with Gasteiger partial charge in [0.15, 0.2) is 0 Å². The smallest absolute Gasteiger partial charge is 0.324 e. The summed E-state index contributed by atoms with van der Waals surface area (Å²) in [5.74, 6) is -0.0373. The number of aliphatic hydroxyl groups is 1. The predicted molar refractivity (Wildman–Crippen MR) is 135 cm³/mol. The van der Waals surface area contributed by atoms with Crippen LogP contribution in [0.25, 0.3) is 0 Å². The number of nitrogen functional groups attached to an aromatic ring is 1. The molecule has 2 aliphatic rings. The Labute approximate surface area is 210 Å². The number of rotatable bonds is 7. The molecule has 35 heavy (non-hydrogen) atoms. The number of carbonyl (C=O) groups excluding carboxylic acids is 1. The van der Waals surface area contributed by atoms with Crippen molar-refractivity contribution in [1.82, 2.24) is 9.21 Å². The Balaban J connectivity index is 1.42. The van der Waals surface area contributed by atoms with Crippen molar-refractivity contribution in [2.75, 3.05) is 44.2 Å². The van der Waals surface area contributed by atoms with Gasteiger partial charge < -0.3 is 15.7 Å². The molecule has 2 heterocycles. The van der Waals surface area contributed by atoms with Crippen LogP contribution < -0.4 is 10.6 Å². The van der Waals surface area contributed by atoms with Crippen molar-refractivity contribution in [1.29, 1.82) is 5.41 Å². The van der Waals surface area contributed by atoms with Crippen LogP contribution in [0.1, 0.15) is 18.4 Å². The molecule has 0 aromatic heterocycles. The molecule has 1 atom stereocenters. The maximum absolute atomic E-state index is 13.3. The molecule has 4 N–H and O–H groups in total. The summed E-state index contributed by atoms with van der Waals surface area (Å²) < 4.78 is 27.4. The molecule has 1 unspecified atom stereocenters. The molecule has 0 radical (unpaired) electrons. The summed E-state index contributed by atoms with van der Waals surface area (Å²) in [6.07, 6.45) is 1.28. The summed E-state index contributed by atoms with van der Waals surface area (Å²) in [5, 5.41) is 18.0. The fourth-order valence-electron chi connectivity index (χ4n) is 4.68. The van der Waals surface area contributed by atoms with E-state index < -0.39 is 10.0 Å². The standard InChI is InChI=1S/C24H30ClN5O4S/c25-20-4-6-22(7-5-20)35(33,34)29-10-8-17(9-11-29)13-28-14-18(16-31)15-30(24(28)32)21-3-1-2-19(12-21)23(26)27/h1-7,12,17-18,31H,8-11,13-16H2,(H3,26,27). The molecule has 2 fully saturated rings. The van der Waals surface area contributed by atoms with Crippen LogP contribution in [0, 0.1) is 17.2 Å². The zero-order valence-electron chi connectivity index (χ0n) is 19.3. The third kappa shape index (κ3) is 5.61. The third-order valence-corrected chi connectivity index (χ3v) is 8.82. The summed E-state index contributed by atoms with van der Waals surface area (Å²) in [6.45, 7) is 2.03. The molecule has 0 bridgehead atoms. The SMILES string of the molecule is N=C(N)c1cccc(N2CC(CO)CN(CC3CCN(S(=O)(=O)c4ccc(Cl)cc4)CC3)C2=O)c1. The summed E-state index contributed by atoms with van der Waals surface area (Å²) in [7, 11) is -3.59. The number of nitrogens with zero attached hydrogens (tertiary/aromatic N) is 3. The molecular weight excluding hydrogens is 490 g/mol. The van der Waals surface area contributed by atoms with Crippen LogP contribution >= 0.6 is 11.6 Å². The summed E-state index contributed by atoms with van der Waals surface area (Å²) in [6, 6.07) is 13.0. The van der Waals surface area contributed by atoms with E-state index in [9.17, 15) is 18.3 Å². The first-order valence-electron chi connectivity index (χ1n) is 11.6. The molecule has 2 aromatic rings. The highest BCUT2D eigenvalue weighted by Gasteiger charge is 2.36. The number of sulfonamides is 1. The predicted octanol–water partition coefficient (Wildman–Crippen LogP) is 2.58. The van der Waals surface area contributed by atoms with Gasteiger partial charge in [-0.1, -0.05) is 23.7 Å². The molecule has 2 aliphatic heterocycles. The molecule has 188 valence electrons. The highest BCUT2D eigenvalue weighted by atomic mass is 35.5. The average Bonchev–Trinajstić information content (AvgIpc) is 2.86. The van der Waals surface area contributed by atoms with Crippen molar-refractivity contribution < 1.29 is 18.3 Å². The number of anilines is 1. The first kappa shape index (κ1) is 25.4. The maximum Gasteiger partial charge on any atom is 0.324 e. The minimum atomic E-state index is -3.59. The van der Waals surface area contributed by atoms with E-state index in [4.69, 9.17) is 22.7 Å². The first-order chi connectivity index (χ1) is 16.7. The number of hydrogen-bond acceptors (Lipinski definition) is 5. The van der Waals surface area contributed by atoms with Crippen LogP contribution in [0.5, 0.6) is 0 Å². The molecule has 4 rings (SSSR count). The van der Waals surface area contributed by atoms with Crippen molar-refractivity contribution in [3.05, 3.63) is 59.1 Å². The molecule has 0 saturated carbocycles. The fraction of sp³-hybridized carbons (Fsp3) is 0.417. The number of piperidine rings is 1. The lowest BCUT2D eigenvalue weighted by Crippen LogP contribution is -2.56. The van der Waals surface area contributed by atoms with Crippen molar-refractivity contribution in [3.8, 4) is 0 Å². The lowest BCUT2D eigenvalue weighted by Gasteiger charge is -2.42. The fourth-order valence-corrected chi connectivity index (χ4v) is 6.27. The molecule has 2 aromatic carbocycles. The van der Waals surface area contributed by atoms with E-state index in [1.54, 1.807) is 46.2 Å². The van der Waals surface area contributed by atoms with Crippen LogP contribution in [-0.4, -0.2) is 73.9 Å². The van der Waals surface area contributed by atoms with E-state index in [-0.39, 0.29) is 35.2 Å². The molecule has 9 nitrogen and oxygen atoms in total. The van der Waals surface area contributed by atoms with Crippen molar-refractivity contribution in [2.24, 2.45) is 17.6 Å². The number of hydrogen-bond donors (Lipinski definition) is 3. The minimum Gasteiger partial charge on any atom is -0.396 e. The zero-order chi connectivity index (χ0) is 25.2. The van der Waals surface area contributed by atoms with Gasteiger partial charge in [0, 0.05) is 61.5 Å². The van der Waals surface area contributed by atoms with Gasteiger partial charge in [0.25, 0.3) is 0 Å². The van der Waals surface area contributed by atoms with Gasteiger partial charge in [-0.15, -0.1) is 0 Å². The molecular formula is C24H30ClN5O4S. The van der Waals surface area contributed by atoms with Gasteiger partial charge in [-0.3, -0.25) is 10.3 Å². The van der Waals surface area contributed by atoms with Crippen LogP contribution in [-0.2, 0) is 10.0 Å². The first-order valence-corrected chi connectivity index (χ1v) is 13.4. The lowest BCUT2D eigenvalue weighted by atomic mass is 9.96. The average molecular weight is 520 g/mol. The summed E-state index contributed by atoms with van der Waals surface area (Å²) in [5.41, 5.74) is 6.78. The Bertz CT molecular complexity index is 1180. The zero-order valence-corrected chi connectivity index (χ0v) is 20.9. The van der Waals surface area contributed by atoms with Crippen molar-refractivity contribution in [2.45, 2.75) is 17.7 Å². The van der Waals surface area contributed by atoms with Gasteiger partial charge in [-0.25, -0.2) is 13.2 Å². The normalized spacial score (nSPS) is 20.3. The summed E-state index contributed by atoms with van der Waals surface area (Å²) in [4.78, 5) is 16.9. The van der Waals surface area contributed by atoms with Gasteiger partial charge >= 0.3 is 6.03 Å². The van der Waals surface area contributed by atoms with Gasteiger partial charge in [0.05, 0.1) is 4.90 Å². The number of carbonyl (C=O) groups is 1. The lowest BCUT2D eigenvalue weighted by molar-refractivity contribution is 0.128. The van der Waals surface area contributed by atoms with Crippen LogP contribution in [0.3, 0.4) is 0 Å². The van der Waals surface area contributed by atoms with Gasteiger partial charge in [-0.2, -0.15) is 4.31 Å². The Kier molecular flexibility index (Phi) is 7.65. The van der Waals surface area contributed by atoms with E-state index >= 15 is 0 Å². The second-order valence-corrected chi connectivity index (χ2v) is 11.5. The van der Waals surface area contributed by atoms with Crippen LogP contribution in [0.15, 0.2) is 53.4 Å². The van der Waals surface area contributed by atoms with E-state index in [0.29, 0.717) is 61.8 Å². The number of benzene rings is 2.